The molecule has 0 radical (unpaired) electrons. The fourth-order valence-corrected chi connectivity index (χ4v) is 1.67. The molecule has 0 atom stereocenters. The number of carbonyl (C=O) groups is 1. The van der Waals surface area contributed by atoms with Crippen LogP contribution in [-0.4, -0.2) is 18.9 Å². The lowest BCUT2D eigenvalue weighted by Gasteiger charge is -2.13. The van der Waals surface area contributed by atoms with Crippen LogP contribution < -0.4 is 4.74 Å². The van der Waals surface area contributed by atoms with Crippen molar-refractivity contribution in [3.8, 4) is 11.8 Å². The van der Waals surface area contributed by atoms with E-state index in [4.69, 9.17) is 5.26 Å². The number of esters is 1. The van der Waals surface area contributed by atoms with Gasteiger partial charge in [-0.2, -0.15) is 5.26 Å². The molecule has 0 saturated heterocycles. The van der Waals surface area contributed by atoms with Gasteiger partial charge in [-0.15, -0.1) is 13.2 Å². The molecule has 1 rings (SSSR count). The summed E-state index contributed by atoms with van der Waals surface area (Å²) >= 11 is 2.83. The second-order valence-electron chi connectivity index (χ2n) is 3.18. The topological polar surface area (TPSA) is 59.3 Å². The van der Waals surface area contributed by atoms with Gasteiger partial charge in [-0.3, -0.25) is 0 Å². The van der Waals surface area contributed by atoms with Gasteiger partial charge in [0.2, 0.25) is 0 Å². The van der Waals surface area contributed by atoms with Crippen molar-refractivity contribution in [2.75, 3.05) is 6.61 Å². The van der Waals surface area contributed by atoms with Crippen LogP contribution in [0, 0.1) is 11.3 Å². The third-order valence-electron chi connectivity index (χ3n) is 1.93. The van der Waals surface area contributed by atoms with E-state index in [1.165, 1.54) is 25.1 Å². The highest BCUT2D eigenvalue weighted by atomic mass is 79.9. The molecule has 0 unspecified atom stereocenters. The first-order valence-corrected chi connectivity index (χ1v) is 5.75. The zero-order chi connectivity index (χ0) is 14.6. The Morgan fingerprint density at radius 2 is 2.11 bits per heavy atom. The molecule has 0 bridgehead atoms. The van der Waals surface area contributed by atoms with E-state index in [-0.39, 0.29) is 16.6 Å². The third-order valence-corrected chi connectivity index (χ3v) is 2.56. The van der Waals surface area contributed by atoms with Crippen LogP contribution in [0.4, 0.5) is 13.2 Å². The van der Waals surface area contributed by atoms with Crippen LogP contribution in [0.3, 0.4) is 0 Å². The molecule has 19 heavy (non-hydrogen) atoms. The summed E-state index contributed by atoms with van der Waals surface area (Å²) in [6, 6.07) is 3.87. The fraction of sp³-hybridized carbons (Fsp3) is 0.273. The number of alkyl halides is 3. The van der Waals surface area contributed by atoms with Crippen LogP contribution in [-0.2, 0) is 4.74 Å². The fourth-order valence-electron chi connectivity index (χ4n) is 1.26. The van der Waals surface area contributed by atoms with E-state index in [0.29, 0.717) is 0 Å². The maximum absolute atomic E-state index is 12.2. The van der Waals surface area contributed by atoms with Crippen molar-refractivity contribution in [2.45, 2.75) is 13.3 Å². The molecule has 1 aromatic rings. The monoisotopic (exact) mass is 337 g/mol. The highest BCUT2D eigenvalue weighted by Crippen LogP contribution is 2.35. The molecular weight excluding hydrogens is 331 g/mol. The third kappa shape index (κ3) is 3.86. The van der Waals surface area contributed by atoms with Crippen molar-refractivity contribution in [2.24, 2.45) is 0 Å². The predicted molar refractivity (Wildman–Crippen MR) is 61.5 cm³/mol. The van der Waals surface area contributed by atoms with Crippen molar-refractivity contribution >= 4 is 21.9 Å². The molecule has 0 aliphatic rings. The Balaban J connectivity index is 3.34. The van der Waals surface area contributed by atoms with E-state index in [1.807, 2.05) is 0 Å². The lowest BCUT2D eigenvalue weighted by molar-refractivity contribution is -0.275. The molecule has 102 valence electrons. The Kier molecular flexibility index (Phi) is 4.78. The van der Waals surface area contributed by atoms with Gasteiger partial charge in [0.25, 0.3) is 0 Å². The van der Waals surface area contributed by atoms with Crippen LogP contribution in [0.25, 0.3) is 0 Å². The Hall–Kier alpha value is -1.75. The van der Waals surface area contributed by atoms with Gasteiger partial charge in [-0.05, 0) is 35.0 Å². The Morgan fingerprint density at radius 3 is 2.58 bits per heavy atom. The molecule has 0 fully saturated rings. The summed E-state index contributed by atoms with van der Waals surface area (Å²) in [5, 5.41) is 8.91. The molecule has 0 aliphatic heterocycles. The average molecular weight is 338 g/mol. The number of halogens is 4. The number of nitrogens with zero attached hydrogens (tertiary/aromatic N) is 1. The van der Waals surface area contributed by atoms with Crippen molar-refractivity contribution in [3.05, 3.63) is 27.7 Å². The normalized spacial score (nSPS) is 10.7. The predicted octanol–water partition coefficient (Wildman–Crippen LogP) is 3.40. The number of hydrogen-bond acceptors (Lipinski definition) is 4. The number of benzene rings is 1. The quantitative estimate of drug-likeness (QED) is 0.793. The van der Waals surface area contributed by atoms with Gasteiger partial charge in [0.05, 0.1) is 16.6 Å². The van der Waals surface area contributed by atoms with Gasteiger partial charge >= 0.3 is 12.3 Å². The highest BCUT2D eigenvalue weighted by molar-refractivity contribution is 9.10. The van der Waals surface area contributed by atoms with Crippen LogP contribution >= 0.6 is 15.9 Å². The average Bonchev–Trinajstić information content (AvgIpc) is 2.30. The van der Waals surface area contributed by atoms with Gasteiger partial charge in [0.1, 0.15) is 11.6 Å². The zero-order valence-corrected chi connectivity index (χ0v) is 11.1. The summed E-state index contributed by atoms with van der Waals surface area (Å²) in [7, 11) is 0. The first kappa shape index (κ1) is 15.3. The summed E-state index contributed by atoms with van der Waals surface area (Å²) in [5.41, 5.74) is -0.822. The molecule has 0 amide bonds. The molecular formula is C11H7BrF3NO3. The van der Waals surface area contributed by atoms with Crippen molar-refractivity contribution < 1.29 is 27.4 Å². The van der Waals surface area contributed by atoms with Gasteiger partial charge in [-0.1, -0.05) is 0 Å². The van der Waals surface area contributed by atoms with Crippen LogP contribution in [0.2, 0.25) is 0 Å². The minimum Gasteiger partial charge on any atom is -0.462 e. The molecule has 0 aromatic heterocycles. The number of hydrogen-bond donors (Lipinski definition) is 0. The molecule has 4 nitrogen and oxygen atoms in total. The van der Waals surface area contributed by atoms with Crippen LogP contribution in [0.1, 0.15) is 22.8 Å². The van der Waals surface area contributed by atoms with Gasteiger partial charge in [-0.25, -0.2) is 4.79 Å². The number of nitriles is 1. The van der Waals surface area contributed by atoms with Crippen LogP contribution in [0.15, 0.2) is 16.6 Å². The van der Waals surface area contributed by atoms with Crippen molar-refractivity contribution in [1.29, 1.82) is 5.26 Å². The van der Waals surface area contributed by atoms with Gasteiger partial charge < -0.3 is 9.47 Å². The summed E-state index contributed by atoms with van der Waals surface area (Å²) in [6.07, 6.45) is -4.97. The summed E-state index contributed by atoms with van der Waals surface area (Å²) in [5.74, 6) is -1.65. The van der Waals surface area contributed by atoms with Crippen molar-refractivity contribution in [3.63, 3.8) is 0 Å². The lowest BCUT2D eigenvalue weighted by atomic mass is 10.1. The van der Waals surface area contributed by atoms with E-state index in [2.05, 4.69) is 25.4 Å². The van der Waals surface area contributed by atoms with E-state index in [0.717, 1.165) is 0 Å². The molecule has 8 heteroatoms. The second-order valence-corrected chi connectivity index (χ2v) is 4.03. The number of ether oxygens (including phenoxy) is 2. The van der Waals surface area contributed by atoms with E-state index >= 15 is 0 Å². The minimum absolute atomic E-state index is 0.0369. The lowest BCUT2D eigenvalue weighted by Crippen LogP contribution is -2.19. The molecule has 0 aliphatic carbocycles. The first-order chi connectivity index (χ1) is 8.80. The highest BCUT2D eigenvalue weighted by Gasteiger charge is 2.34. The van der Waals surface area contributed by atoms with Gasteiger partial charge in [0.15, 0.2) is 5.75 Å². The Bertz CT molecular complexity index is 537. The van der Waals surface area contributed by atoms with E-state index in [1.54, 1.807) is 0 Å². The zero-order valence-electron chi connectivity index (χ0n) is 9.55. The smallest absolute Gasteiger partial charge is 0.462 e. The minimum atomic E-state index is -4.97. The molecule has 0 spiro atoms. The van der Waals surface area contributed by atoms with Crippen LogP contribution in [0.5, 0.6) is 5.75 Å². The standard InChI is InChI=1S/C11H7BrF3NO3/c1-2-18-10(17)6-3-4-8(12)9(7(6)5-16)19-11(13,14)15/h3-4H,2H2,1H3. The Labute approximate surface area is 114 Å². The first-order valence-electron chi connectivity index (χ1n) is 4.95. The Morgan fingerprint density at radius 1 is 1.47 bits per heavy atom. The number of carbonyl (C=O) groups excluding carboxylic acids is 1. The molecule has 0 N–H and O–H groups in total. The maximum atomic E-state index is 12.2. The largest absolute Gasteiger partial charge is 0.573 e. The summed E-state index contributed by atoms with van der Waals surface area (Å²) < 4.78 is 45.1. The SMILES string of the molecule is CCOC(=O)c1ccc(Br)c(OC(F)(F)F)c1C#N. The summed E-state index contributed by atoms with van der Waals surface area (Å²) in [4.78, 5) is 11.5. The van der Waals surface area contributed by atoms with E-state index in [9.17, 15) is 18.0 Å². The summed E-state index contributed by atoms with van der Waals surface area (Å²) in [6.45, 7) is 1.57. The van der Waals surface area contributed by atoms with E-state index < -0.39 is 23.6 Å². The van der Waals surface area contributed by atoms with Crippen molar-refractivity contribution in [1.82, 2.24) is 0 Å². The maximum Gasteiger partial charge on any atom is 0.573 e. The second kappa shape index (κ2) is 5.93. The molecule has 0 saturated carbocycles. The molecule has 1 aromatic carbocycles. The molecule has 0 heterocycles. The number of rotatable bonds is 3. The van der Waals surface area contributed by atoms with Gasteiger partial charge in [0, 0.05) is 0 Å².